The topological polar surface area (TPSA) is 111 Å². The predicted molar refractivity (Wildman–Crippen MR) is 106 cm³/mol. The van der Waals surface area contributed by atoms with Crippen LogP contribution < -0.4 is 25.2 Å². The molecule has 0 atom stereocenters. The number of aromatic nitrogens is 1. The third-order valence-corrected chi connectivity index (χ3v) is 4.43. The van der Waals surface area contributed by atoms with Crippen LogP contribution in [0.5, 0.6) is 11.6 Å². The van der Waals surface area contributed by atoms with Crippen molar-refractivity contribution in [1.29, 1.82) is 0 Å². The van der Waals surface area contributed by atoms with Crippen LogP contribution in [0.1, 0.15) is 29.8 Å². The van der Waals surface area contributed by atoms with E-state index >= 15 is 0 Å². The molecule has 1 aliphatic rings. The monoisotopic (exact) mass is 387 g/mol. The molecule has 1 aliphatic heterocycles. The summed E-state index contributed by atoms with van der Waals surface area (Å²) in [5.41, 5.74) is 7.26. The third kappa shape index (κ3) is 4.25. The van der Waals surface area contributed by atoms with E-state index in [0.29, 0.717) is 22.7 Å². The van der Waals surface area contributed by atoms with Gasteiger partial charge in [0.25, 0.3) is 5.91 Å². The van der Waals surface area contributed by atoms with E-state index in [0.717, 1.165) is 5.69 Å². The van der Waals surface area contributed by atoms with Gasteiger partial charge in [-0.05, 0) is 38.1 Å². The van der Waals surface area contributed by atoms with Gasteiger partial charge < -0.3 is 25.2 Å². The third-order valence-electron chi connectivity index (χ3n) is 3.83. The number of carbonyl (C=O) groups excluding carboxylic acids is 1. The fraction of sp³-hybridized carbons (Fsp3) is 0.278. The van der Waals surface area contributed by atoms with Gasteiger partial charge in [-0.1, -0.05) is 6.07 Å². The molecule has 27 heavy (non-hydrogen) atoms. The van der Waals surface area contributed by atoms with Crippen LogP contribution in [-0.2, 0) is 0 Å². The van der Waals surface area contributed by atoms with E-state index in [2.05, 4.69) is 19.4 Å². The number of carbonyl (C=O) groups is 1. The van der Waals surface area contributed by atoms with Crippen LogP contribution in [0, 0.1) is 0 Å². The molecular weight excluding hydrogens is 366 g/mol. The van der Waals surface area contributed by atoms with E-state index in [9.17, 15) is 4.79 Å². The Morgan fingerprint density at radius 3 is 2.93 bits per heavy atom. The van der Waals surface area contributed by atoms with Crippen LogP contribution in [-0.4, -0.2) is 36.0 Å². The fourth-order valence-corrected chi connectivity index (χ4v) is 3.07. The molecule has 0 spiro atoms. The Hall–Kier alpha value is -2.94. The maximum atomic E-state index is 12.6. The van der Waals surface area contributed by atoms with Crippen LogP contribution in [0.3, 0.4) is 0 Å². The van der Waals surface area contributed by atoms with Crippen molar-refractivity contribution in [1.82, 2.24) is 10.3 Å². The first kappa shape index (κ1) is 18.8. The van der Waals surface area contributed by atoms with E-state index < -0.39 is 5.54 Å². The highest BCUT2D eigenvalue weighted by Crippen LogP contribution is 2.32. The van der Waals surface area contributed by atoms with Gasteiger partial charge in [-0.3, -0.25) is 4.79 Å². The van der Waals surface area contributed by atoms with Gasteiger partial charge in [0.1, 0.15) is 23.8 Å². The Labute approximate surface area is 161 Å². The number of rotatable bonds is 6. The van der Waals surface area contributed by atoms with Gasteiger partial charge in [0, 0.05) is 6.20 Å². The zero-order valence-corrected chi connectivity index (χ0v) is 16.1. The summed E-state index contributed by atoms with van der Waals surface area (Å²) in [6, 6.07) is 8.93. The van der Waals surface area contributed by atoms with Crippen molar-refractivity contribution in [3.05, 3.63) is 47.7 Å². The lowest BCUT2D eigenvalue weighted by Crippen LogP contribution is -2.48. The minimum absolute atomic E-state index is 0.234. The molecule has 142 valence electrons. The van der Waals surface area contributed by atoms with Crippen LogP contribution in [0.25, 0.3) is 0 Å². The Kier molecular flexibility index (Phi) is 5.41. The Morgan fingerprint density at radius 2 is 2.15 bits per heavy atom. The van der Waals surface area contributed by atoms with E-state index in [-0.39, 0.29) is 18.4 Å². The lowest BCUT2D eigenvalue weighted by Gasteiger charge is -2.27. The molecule has 1 aromatic carbocycles. The number of nitrogens with one attached hydrogen (secondary N) is 2. The number of fused-ring (bicyclic) bond motifs is 1. The number of anilines is 1. The Bertz CT molecular complexity index is 885. The molecule has 0 fully saturated rings. The standard InChI is InChI=1S/C18H21N5O3S/c1-18(2,21-16(24)11-6-5-9-20-17(11)25-3)10-26-13-8-4-7-12-14(13)15(19)23-27-22-12/h4-9,22H,10H2,1-3H3,(H2,19,23)(H,21,24). The molecule has 4 N–H and O–H groups in total. The van der Waals surface area contributed by atoms with Gasteiger partial charge >= 0.3 is 0 Å². The number of pyridine rings is 1. The van der Waals surface area contributed by atoms with Gasteiger partial charge in [0.05, 0.1) is 36.0 Å². The Balaban J connectivity index is 1.71. The Morgan fingerprint density at radius 1 is 1.33 bits per heavy atom. The first-order valence-corrected chi connectivity index (χ1v) is 9.02. The molecule has 2 aromatic rings. The zero-order chi connectivity index (χ0) is 19.4. The number of nitrogens with zero attached hydrogens (tertiary/aromatic N) is 2. The van der Waals surface area contributed by atoms with Crippen molar-refractivity contribution < 1.29 is 14.3 Å². The molecule has 3 rings (SSSR count). The van der Waals surface area contributed by atoms with Gasteiger partial charge in [0.15, 0.2) is 0 Å². The van der Waals surface area contributed by atoms with Crippen LogP contribution in [0.4, 0.5) is 5.69 Å². The maximum absolute atomic E-state index is 12.6. The second-order valence-corrected chi connectivity index (χ2v) is 7.10. The molecule has 2 heterocycles. The summed E-state index contributed by atoms with van der Waals surface area (Å²) < 4.78 is 18.3. The normalized spacial score (nSPS) is 13.1. The van der Waals surface area contributed by atoms with Crippen LogP contribution >= 0.6 is 12.1 Å². The number of benzene rings is 1. The molecule has 1 amide bonds. The summed E-state index contributed by atoms with van der Waals surface area (Å²) in [6.45, 7) is 3.97. The number of nitrogens with two attached hydrogens (primary N) is 1. The molecule has 1 aromatic heterocycles. The summed E-state index contributed by atoms with van der Waals surface area (Å²) in [5, 5.41) is 2.94. The fourth-order valence-electron chi connectivity index (χ4n) is 2.56. The number of hydrogen-bond acceptors (Lipinski definition) is 8. The highest BCUT2D eigenvalue weighted by Gasteiger charge is 2.26. The van der Waals surface area contributed by atoms with Crippen molar-refractivity contribution in [2.75, 3.05) is 18.4 Å². The van der Waals surface area contributed by atoms with E-state index in [1.165, 1.54) is 19.2 Å². The summed E-state index contributed by atoms with van der Waals surface area (Å²) in [7, 11) is 1.48. The van der Waals surface area contributed by atoms with Crippen molar-refractivity contribution in [3.8, 4) is 11.6 Å². The molecule has 0 aliphatic carbocycles. The number of amides is 1. The largest absolute Gasteiger partial charge is 0.490 e. The average Bonchev–Trinajstić information content (AvgIpc) is 2.66. The number of amidine groups is 1. The molecule has 0 unspecified atom stereocenters. The molecule has 0 saturated carbocycles. The van der Waals surface area contributed by atoms with Crippen molar-refractivity contribution >= 4 is 29.6 Å². The lowest BCUT2D eigenvalue weighted by atomic mass is 10.1. The quantitative estimate of drug-likeness (QED) is 0.653. The highest BCUT2D eigenvalue weighted by atomic mass is 32.2. The minimum atomic E-state index is -0.649. The molecule has 0 bridgehead atoms. The molecule has 0 radical (unpaired) electrons. The van der Waals surface area contributed by atoms with Crippen molar-refractivity contribution in [2.24, 2.45) is 10.1 Å². The second-order valence-electron chi connectivity index (χ2n) is 6.54. The average molecular weight is 387 g/mol. The molecule has 9 heteroatoms. The van der Waals surface area contributed by atoms with Crippen molar-refractivity contribution in [2.45, 2.75) is 19.4 Å². The van der Waals surface area contributed by atoms with Gasteiger partial charge in [0.2, 0.25) is 5.88 Å². The first-order chi connectivity index (χ1) is 12.9. The van der Waals surface area contributed by atoms with Crippen LogP contribution in [0.2, 0.25) is 0 Å². The van der Waals surface area contributed by atoms with Crippen LogP contribution in [0.15, 0.2) is 40.9 Å². The van der Waals surface area contributed by atoms with E-state index in [1.807, 2.05) is 32.0 Å². The van der Waals surface area contributed by atoms with E-state index in [1.54, 1.807) is 18.3 Å². The summed E-state index contributed by atoms with van der Waals surface area (Å²) >= 11 is 1.17. The first-order valence-electron chi connectivity index (χ1n) is 8.24. The highest BCUT2D eigenvalue weighted by molar-refractivity contribution is 7.99. The van der Waals surface area contributed by atoms with Gasteiger partial charge in [-0.25, -0.2) is 4.98 Å². The molecule has 8 nitrogen and oxygen atoms in total. The predicted octanol–water partition coefficient (Wildman–Crippen LogP) is 2.37. The van der Waals surface area contributed by atoms with Gasteiger partial charge in [-0.15, -0.1) is 0 Å². The summed E-state index contributed by atoms with van der Waals surface area (Å²) in [6.07, 6.45) is 1.57. The lowest BCUT2D eigenvalue weighted by molar-refractivity contribution is 0.0877. The zero-order valence-electron chi connectivity index (χ0n) is 15.3. The minimum Gasteiger partial charge on any atom is -0.490 e. The summed E-state index contributed by atoms with van der Waals surface area (Å²) in [4.78, 5) is 16.6. The molecular formula is C18H21N5O3S. The number of methoxy groups -OCH3 is 1. The van der Waals surface area contributed by atoms with E-state index in [4.69, 9.17) is 15.2 Å². The summed E-state index contributed by atoms with van der Waals surface area (Å²) in [5.74, 6) is 0.980. The SMILES string of the molecule is COc1ncccc1C(=O)NC(C)(C)COc1cccc2c1C(N)=NSN2. The number of ether oxygens (including phenoxy) is 2. The van der Waals surface area contributed by atoms with Crippen molar-refractivity contribution in [3.63, 3.8) is 0 Å². The number of hydrogen-bond donors (Lipinski definition) is 3. The second kappa shape index (κ2) is 7.75. The van der Waals surface area contributed by atoms with Gasteiger partial charge in [-0.2, -0.15) is 4.40 Å². The molecule has 0 saturated heterocycles. The maximum Gasteiger partial charge on any atom is 0.257 e. The smallest absolute Gasteiger partial charge is 0.257 e.